The van der Waals surface area contributed by atoms with Gasteiger partial charge in [0, 0.05) is 17.5 Å². The van der Waals surface area contributed by atoms with Gasteiger partial charge in [0.25, 0.3) is 11.6 Å². The van der Waals surface area contributed by atoms with Crippen molar-refractivity contribution in [3.05, 3.63) is 50.4 Å². The highest BCUT2D eigenvalue weighted by atomic mass is 32.1. The van der Waals surface area contributed by atoms with Gasteiger partial charge in [-0.15, -0.1) is 11.3 Å². The number of esters is 1. The van der Waals surface area contributed by atoms with Crippen molar-refractivity contribution >= 4 is 45.5 Å². The predicted octanol–water partition coefficient (Wildman–Crippen LogP) is 4.05. The largest absolute Gasteiger partial charge is 0.451 e. The standard InChI is InChI=1S/C20H23N3O6S/c1-11-6-7-13(23(27)28)9-14(11)21-15(24)10-29-18(25)17-12(2)8-16(30-17)22-19(26)20(3,4)5/h6-9H,10H2,1-5H3,(H,21,24)(H,22,26). The first-order chi connectivity index (χ1) is 13.9. The topological polar surface area (TPSA) is 128 Å². The number of nitrogens with one attached hydrogen (secondary N) is 2. The van der Waals surface area contributed by atoms with Crippen LogP contribution in [0.5, 0.6) is 0 Å². The summed E-state index contributed by atoms with van der Waals surface area (Å²) >= 11 is 1.06. The molecule has 0 aliphatic heterocycles. The van der Waals surface area contributed by atoms with Gasteiger partial charge in [-0.3, -0.25) is 19.7 Å². The Morgan fingerprint density at radius 2 is 1.77 bits per heavy atom. The summed E-state index contributed by atoms with van der Waals surface area (Å²) in [5.41, 5.74) is 0.774. The summed E-state index contributed by atoms with van der Waals surface area (Å²) in [5, 5.41) is 16.6. The van der Waals surface area contributed by atoms with E-state index in [1.807, 2.05) is 0 Å². The SMILES string of the molecule is Cc1ccc([N+](=O)[O-])cc1NC(=O)COC(=O)c1sc(NC(=O)C(C)(C)C)cc1C. The second-order valence-corrected chi connectivity index (χ2v) is 8.76. The van der Waals surface area contributed by atoms with E-state index in [9.17, 15) is 24.5 Å². The number of nitrogens with zero attached hydrogens (tertiary/aromatic N) is 1. The van der Waals surface area contributed by atoms with Crippen molar-refractivity contribution in [1.82, 2.24) is 0 Å². The fraction of sp³-hybridized carbons (Fsp3) is 0.350. The van der Waals surface area contributed by atoms with Gasteiger partial charge in [0.05, 0.1) is 15.6 Å². The third-order valence-corrected chi connectivity index (χ3v) is 5.19. The lowest BCUT2D eigenvalue weighted by atomic mass is 9.96. The number of nitro benzene ring substituents is 1. The molecule has 2 N–H and O–H groups in total. The Morgan fingerprint density at radius 1 is 1.10 bits per heavy atom. The van der Waals surface area contributed by atoms with E-state index in [2.05, 4.69) is 10.6 Å². The number of non-ortho nitro benzene ring substituents is 1. The molecule has 0 atom stereocenters. The summed E-state index contributed by atoms with van der Waals surface area (Å²) in [6, 6.07) is 5.75. The second-order valence-electron chi connectivity index (χ2n) is 7.71. The smallest absolute Gasteiger partial charge is 0.349 e. The molecular weight excluding hydrogens is 410 g/mol. The van der Waals surface area contributed by atoms with Crippen LogP contribution >= 0.6 is 11.3 Å². The zero-order chi connectivity index (χ0) is 22.6. The van der Waals surface area contributed by atoms with Crippen LogP contribution in [0.3, 0.4) is 0 Å². The van der Waals surface area contributed by atoms with Crippen LogP contribution in [0.4, 0.5) is 16.4 Å². The van der Waals surface area contributed by atoms with Crippen molar-refractivity contribution in [2.75, 3.05) is 17.2 Å². The predicted molar refractivity (Wildman–Crippen MR) is 114 cm³/mol. The van der Waals surface area contributed by atoms with Gasteiger partial charge in [-0.2, -0.15) is 0 Å². The Morgan fingerprint density at radius 3 is 2.37 bits per heavy atom. The molecule has 0 aliphatic carbocycles. The molecular formula is C20H23N3O6S. The molecule has 2 rings (SSSR count). The van der Waals surface area contributed by atoms with E-state index < -0.39 is 28.8 Å². The summed E-state index contributed by atoms with van der Waals surface area (Å²) in [6.07, 6.45) is 0. The number of thiophene rings is 1. The van der Waals surface area contributed by atoms with E-state index in [-0.39, 0.29) is 22.2 Å². The van der Waals surface area contributed by atoms with Gasteiger partial charge >= 0.3 is 5.97 Å². The normalized spacial score (nSPS) is 11.0. The van der Waals surface area contributed by atoms with Gasteiger partial charge in [-0.25, -0.2) is 4.79 Å². The summed E-state index contributed by atoms with van der Waals surface area (Å²) < 4.78 is 5.06. The van der Waals surface area contributed by atoms with Crippen LogP contribution in [-0.4, -0.2) is 29.3 Å². The van der Waals surface area contributed by atoms with E-state index >= 15 is 0 Å². The highest BCUT2D eigenvalue weighted by Gasteiger charge is 2.23. The maximum absolute atomic E-state index is 12.3. The Kier molecular flexibility index (Phi) is 6.93. The summed E-state index contributed by atoms with van der Waals surface area (Å²) in [4.78, 5) is 47.1. The van der Waals surface area contributed by atoms with Crippen molar-refractivity contribution < 1.29 is 24.0 Å². The molecule has 0 unspecified atom stereocenters. The monoisotopic (exact) mass is 433 g/mol. The number of amides is 2. The molecule has 9 nitrogen and oxygen atoms in total. The maximum atomic E-state index is 12.3. The average Bonchev–Trinajstić information content (AvgIpc) is 3.00. The first-order valence-corrected chi connectivity index (χ1v) is 9.84. The fourth-order valence-corrected chi connectivity index (χ4v) is 3.25. The van der Waals surface area contributed by atoms with Gasteiger partial charge in [0.2, 0.25) is 5.91 Å². The number of nitro groups is 1. The van der Waals surface area contributed by atoms with Gasteiger partial charge in [-0.05, 0) is 31.0 Å². The Balaban J connectivity index is 1.99. The molecule has 0 aliphatic rings. The molecule has 0 bridgehead atoms. The van der Waals surface area contributed by atoms with E-state index in [4.69, 9.17) is 4.74 Å². The highest BCUT2D eigenvalue weighted by molar-refractivity contribution is 7.18. The quantitative estimate of drug-likeness (QED) is 0.402. The fourth-order valence-electron chi connectivity index (χ4n) is 2.29. The summed E-state index contributed by atoms with van der Waals surface area (Å²) in [5.74, 6) is -1.50. The van der Waals surface area contributed by atoms with Crippen LogP contribution in [0.25, 0.3) is 0 Å². The van der Waals surface area contributed by atoms with Gasteiger partial charge in [0.1, 0.15) is 4.88 Å². The Labute approximate surface area is 177 Å². The first kappa shape index (κ1) is 23.0. The van der Waals surface area contributed by atoms with Crippen molar-refractivity contribution in [2.45, 2.75) is 34.6 Å². The van der Waals surface area contributed by atoms with Crippen LogP contribution in [0, 0.1) is 29.4 Å². The van der Waals surface area contributed by atoms with Gasteiger partial charge in [0.15, 0.2) is 6.61 Å². The number of carbonyl (C=O) groups is 3. The molecule has 0 saturated carbocycles. The number of rotatable bonds is 6. The lowest BCUT2D eigenvalue weighted by Gasteiger charge is -2.16. The molecule has 2 amide bonds. The van der Waals surface area contributed by atoms with E-state index in [0.29, 0.717) is 16.1 Å². The molecule has 1 heterocycles. The first-order valence-electron chi connectivity index (χ1n) is 9.02. The van der Waals surface area contributed by atoms with Gasteiger partial charge in [-0.1, -0.05) is 26.8 Å². The van der Waals surface area contributed by atoms with Crippen LogP contribution in [0.15, 0.2) is 24.3 Å². The number of anilines is 2. The number of carbonyl (C=O) groups excluding carboxylic acids is 3. The molecule has 30 heavy (non-hydrogen) atoms. The lowest BCUT2D eigenvalue weighted by molar-refractivity contribution is -0.384. The molecule has 1 aromatic heterocycles. The lowest BCUT2D eigenvalue weighted by Crippen LogP contribution is -2.27. The number of hydrogen-bond acceptors (Lipinski definition) is 7. The maximum Gasteiger partial charge on any atom is 0.349 e. The number of benzene rings is 1. The molecule has 0 spiro atoms. The Hall–Kier alpha value is -3.27. The van der Waals surface area contributed by atoms with E-state index in [1.165, 1.54) is 18.2 Å². The van der Waals surface area contributed by atoms with Crippen LogP contribution in [0.2, 0.25) is 0 Å². The molecule has 0 fully saturated rings. The van der Waals surface area contributed by atoms with E-state index in [0.717, 1.165) is 11.3 Å². The third kappa shape index (κ3) is 5.86. The molecule has 1 aromatic carbocycles. The van der Waals surface area contributed by atoms with Crippen molar-refractivity contribution in [3.8, 4) is 0 Å². The summed E-state index contributed by atoms with van der Waals surface area (Å²) in [7, 11) is 0. The number of ether oxygens (including phenoxy) is 1. The molecule has 10 heteroatoms. The zero-order valence-corrected chi connectivity index (χ0v) is 18.1. The van der Waals surface area contributed by atoms with Crippen LogP contribution in [0.1, 0.15) is 41.6 Å². The average molecular weight is 433 g/mol. The molecule has 0 radical (unpaired) electrons. The van der Waals surface area contributed by atoms with Gasteiger partial charge < -0.3 is 15.4 Å². The third-order valence-electron chi connectivity index (χ3n) is 4.06. The van der Waals surface area contributed by atoms with Crippen LogP contribution in [-0.2, 0) is 14.3 Å². The number of hydrogen-bond donors (Lipinski definition) is 2. The highest BCUT2D eigenvalue weighted by Crippen LogP contribution is 2.29. The van der Waals surface area contributed by atoms with Crippen LogP contribution < -0.4 is 10.6 Å². The van der Waals surface area contributed by atoms with Crippen molar-refractivity contribution in [1.29, 1.82) is 0 Å². The molecule has 160 valence electrons. The Bertz CT molecular complexity index is 1010. The van der Waals surface area contributed by atoms with E-state index in [1.54, 1.807) is 40.7 Å². The van der Waals surface area contributed by atoms with Crippen molar-refractivity contribution in [2.24, 2.45) is 5.41 Å². The number of aryl methyl sites for hydroxylation is 2. The second kappa shape index (κ2) is 9.04. The minimum atomic E-state index is -0.695. The summed E-state index contributed by atoms with van der Waals surface area (Å²) in [6.45, 7) is 8.17. The minimum Gasteiger partial charge on any atom is -0.451 e. The molecule has 2 aromatic rings. The minimum absolute atomic E-state index is 0.160. The zero-order valence-electron chi connectivity index (χ0n) is 17.3. The van der Waals surface area contributed by atoms with Crippen molar-refractivity contribution in [3.63, 3.8) is 0 Å². The molecule has 0 saturated heterocycles.